The third kappa shape index (κ3) is 8.04. The smallest absolute Gasteiger partial charge is 0.162 e. The molecule has 0 spiro atoms. The van der Waals surface area contributed by atoms with E-state index in [4.69, 9.17) is 0 Å². The van der Waals surface area contributed by atoms with Crippen molar-refractivity contribution in [2.75, 3.05) is 0 Å². The molecular formula is C20H32O. The number of rotatable bonds is 9. The summed E-state index contributed by atoms with van der Waals surface area (Å²) in [6.07, 6.45) is 9.16. The number of benzene rings is 1. The molecule has 0 bridgehead atoms. The summed E-state index contributed by atoms with van der Waals surface area (Å²) in [7, 11) is 0. The molecule has 0 heterocycles. The molecule has 1 nitrogen and oxygen atoms in total. The van der Waals surface area contributed by atoms with E-state index in [2.05, 4.69) is 39.8 Å². The molecule has 0 aromatic heterocycles. The van der Waals surface area contributed by atoms with E-state index < -0.39 is 0 Å². The number of hydrogen-bond donors (Lipinski definition) is 0. The molecule has 118 valence electrons. The lowest BCUT2D eigenvalue weighted by Crippen LogP contribution is -2.09. The molecule has 0 aliphatic rings. The van der Waals surface area contributed by atoms with Crippen molar-refractivity contribution in [3.8, 4) is 0 Å². The lowest BCUT2D eigenvalue weighted by molar-refractivity contribution is 0.0979. The number of carbonyl (C=O) groups excluding carboxylic acids is 1. The minimum absolute atomic E-state index is 0.296. The highest BCUT2D eigenvalue weighted by atomic mass is 16.1. The lowest BCUT2D eigenvalue weighted by atomic mass is 9.88. The van der Waals surface area contributed by atoms with Gasteiger partial charge in [0.05, 0.1) is 0 Å². The van der Waals surface area contributed by atoms with Crippen LogP contribution in [0, 0.1) is 5.41 Å². The number of unbranched alkanes of at least 4 members (excludes halogenated alkanes) is 5. The van der Waals surface area contributed by atoms with E-state index >= 15 is 0 Å². The molecule has 0 aliphatic heterocycles. The molecule has 0 N–H and O–H groups in total. The van der Waals surface area contributed by atoms with Crippen molar-refractivity contribution < 1.29 is 4.79 Å². The molecule has 1 rings (SSSR count). The maximum Gasteiger partial charge on any atom is 0.162 e. The minimum Gasteiger partial charge on any atom is -0.294 e. The largest absolute Gasteiger partial charge is 0.294 e. The SMILES string of the molecule is CCCCCCCCC(=O)c1ccc(CC(C)(C)C)cc1. The van der Waals surface area contributed by atoms with Gasteiger partial charge >= 0.3 is 0 Å². The Morgan fingerprint density at radius 2 is 1.48 bits per heavy atom. The third-order valence-corrected chi connectivity index (χ3v) is 3.77. The van der Waals surface area contributed by atoms with E-state index in [1.807, 2.05) is 12.1 Å². The first kappa shape index (κ1) is 17.9. The summed E-state index contributed by atoms with van der Waals surface area (Å²) < 4.78 is 0. The van der Waals surface area contributed by atoms with Crippen LogP contribution >= 0.6 is 0 Å². The Morgan fingerprint density at radius 3 is 2.05 bits per heavy atom. The van der Waals surface area contributed by atoms with Gasteiger partial charge in [0.25, 0.3) is 0 Å². The van der Waals surface area contributed by atoms with Gasteiger partial charge in [-0.05, 0) is 23.8 Å². The van der Waals surface area contributed by atoms with Crippen molar-refractivity contribution in [2.24, 2.45) is 5.41 Å². The molecule has 0 aliphatic carbocycles. The molecule has 0 unspecified atom stereocenters. The fraction of sp³-hybridized carbons (Fsp3) is 0.650. The molecule has 0 atom stereocenters. The molecule has 1 aromatic rings. The Morgan fingerprint density at radius 1 is 0.905 bits per heavy atom. The van der Waals surface area contributed by atoms with E-state index in [9.17, 15) is 4.79 Å². The van der Waals surface area contributed by atoms with Crippen LogP contribution in [0.4, 0.5) is 0 Å². The van der Waals surface area contributed by atoms with Gasteiger partial charge in [0.1, 0.15) is 0 Å². The highest BCUT2D eigenvalue weighted by Gasteiger charge is 2.12. The van der Waals surface area contributed by atoms with Crippen molar-refractivity contribution in [3.63, 3.8) is 0 Å². The van der Waals surface area contributed by atoms with Crippen molar-refractivity contribution >= 4 is 5.78 Å². The monoisotopic (exact) mass is 288 g/mol. The number of Topliss-reactive ketones (excluding diaryl/α,β-unsaturated/α-hetero) is 1. The topological polar surface area (TPSA) is 17.1 Å². The number of carbonyl (C=O) groups is 1. The van der Waals surface area contributed by atoms with Crippen molar-refractivity contribution in [2.45, 2.75) is 79.1 Å². The summed E-state index contributed by atoms with van der Waals surface area (Å²) in [4.78, 5) is 12.1. The van der Waals surface area contributed by atoms with E-state index in [0.717, 1.165) is 18.4 Å². The van der Waals surface area contributed by atoms with Crippen molar-refractivity contribution in [3.05, 3.63) is 35.4 Å². The summed E-state index contributed by atoms with van der Waals surface area (Å²) in [6, 6.07) is 8.22. The van der Waals surface area contributed by atoms with Gasteiger partial charge in [-0.2, -0.15) is 0 Å². The average molecular weight is 288 g/mol. The zero-order valence-electron chi connectivity index (χ0n) is 14.4. The first-order chi connectivity index (χ1) is 9.92. The number of ketones is 1. The standard InChI is InChI=1S/C20H32O/c1-5-6-7-8-9-10-11-19(21)18-14-12-17(13-15-18)16-20(2,3)4/h12-15H,5-11,16H2,1-4H3. The molecule has 1 aromatic carbocycles. The van der Waals surface area contributed by atoms with Crippen LogP contribution in [0.3, 0.4) is 0 Å². The van der Waals surface area contributed by atoms with Gasteiger partial charge in [0.2, 0.25) is 0 Å². The summed E-state index contributed by atoms with van der Waals surface area (Å²) in [5.41, 5.74) is 2.49. The summed E-state index contributed by atoms with van der Waals surface area (Å²) in [5, 5.41) is 0. The molecule has 0 saturated heterocycles. The van der Waals surface area contributed by atoms with Crippen LogP contribution in [-0.4, -0.2) is 5.78 Å². The Balaban J connectivity index is 2.34. The van der Waals surface area contributed by atoms with Crippen LogP contribution in [0.2, 0.25) is 0 Å². The second kappa shape index (κ2) is 9.02. The maximum absolute atomic E-state index is 12.1. The van der Waals surface area contributed by atoms with Crippen LogP contribution in [0.5, 0.6) is 0 Å². The second-order valence-electron chi connectivity index (χ2n) is 7.38. The quantitative estimate of drug-likeness (QED) is 0.390. The predicted octanol–water partition coefficient (Wildman–Crippen LogP) is 6.21. The Bertz CT molecular complexity index is 408. The summed E-state index contributed by atoms with van der Waals surface area (Å²) >= 11 is 0. The second-order valence-corrected chi connectivity index (χ2v) is 7.38. The fourth-order valence-corrected chi connectivity index (χ4v) is 2.63. The molecule has 0 radical (unpaired) electrons. The van der Waals surface area contributed by atoms with Crippen molar-refractivity contribution in [1.82, 2.24) is 0 Å². The van der Waals surface area contributed by atoms with E-state index in [1.54, 1.807) is 0 Å². The van der Waals surface area contributed by atoms with Gasteiger partial charge < -0.3 is 0 Å². The maximum atomic E-state index is 12.1. The van der Waals surface area contributed by atoms with Crippen LogP contribution in [0.25, 0.3) is 0 Å². The Labute approximate surface area is 131 Å². The first-order valence-electron chi connectivity index (χ1n) is 8.54. The highest BCUT2D eigenvalue weighted by molar-refractivity contribution is 5.96. The average Bonchev–Trinajstić information content (AvgIpc) is 2.41. The molecule has 21 heavy (non-hydrogen) atoms. The number of hydrogen-bond acceptors (Lipinski definition) is 1. The van der Waals surface area contributed by atoms with Gasteiger partial charge in [-0.15, -0.1) is 0 Å². The van der Waals surface area contributed by atoms with E-state index in [0.29, 0.717) is 17.6 Å². The molecule has 0 fully saturated rings. The zero-order valence-corrected chi connectivity index (χ0v) is 14.4. The van der Waals surface area contributed by atoms with Gasteiger partial charge in [0.15, 0.2) is 5.78 Å². The minimum atomic E-state index is 0.296. The van der Waals surface area contributed by atoms with Gasteiger partial charge in [0, 0.05) is 12.0 Å². The highest BCUT2D eigenvalue weighted by Crippen LogP contribution is 2.21. The van der Waals surface area contributed by atoms with Crippen LogP contribution in [0.15, 0.2) is 24.3 Å². The zero-order chi connectivity index (χ0) is 15.7. The van der Waals surface area contributed by atoms with E-state index in [1.165, 1.54) is 37.7 Å². The predicted molar refractivity (Wildman–Crippen MR) is 91.9 cm³/mol. The van der Waals surface area contributed by atoms with Crippen molar-refractivity contribution in [1.29, 1.82) is 0 Å². The van der Waals surface area contributed by atoms with Gasteiger partial charge in [-0.1, -0.05) is 84.1 Å². The van der Waals surface area contributed by atoms with Crippen LogP contribution < -0.4 is 0 Å². The molecule has 1 heteroatoms. The molecule has 0 amide bonds. The summed E-state index contributed by atoms with van der Waals surface area (Å²) in [5.74, 6) is 0.299. The molecular weight excluding hydrogens is 256 g/mol. The normalized spacial score (nSPS) is 11.6. The summed E-state index contributed by atoms with van der Waals surface area (Å²) in [6.45, 7) is 8.95. The van der Waals surface area contributed by atoms with Crippen LogP contribution in [-0.2, 0) is 6.42 Å². The Kier molecular flexibility index (Phi) is 7.71. The van der Waals surface area contributed by atoms with E-state index in [-0.39, 0.29) is 0 Å². The lowest BCUT2D eigenvalue weighted by Gasteiger charge is -2.18. The molecule has 0 saturated carbocycles. The Hall–Kier alpha value is -1.11. The van der Waals surface area contributed by atoms with Gasteiger partial charge in [-0.25, -0.2) is 0 Å². The first-order valence-corrected chi connectivity index (χ1v) is 8.54. The van der Waals surface area contributed by atoms with Gasteiger partial charge in [-0.3, -0.25) is 4.79 Å². The third-order valence-electron chi connectivity index (χ3n) is 3.77. The van der Waals surface area contributed by atoms with Crippen LogP contribution in [0.1, 0.15) is 88.6 Å². The fourth-order valence-electron chi connectivity index (χ4n) is 2.63.